The lowest BCUT2D eigenvalue weighted by molar-refractivity contribution is -0.384. The van der Waals surface area contributed by atoms with E-state index in [4.69, 9.17) is 5.11 Å². The fraction of sp³-hybridized carbons (Fsp3) is 0.364. The lowest BCUT2D eigenvalue weighted by Gasteiger charge is -2.17. The number of carboxylic acid groups (broad SMARTS) is 1. The van der Waals surface area contributed by atoms with Gasteiger partial charge in [0.05, 0.1) is 10.8 Å². The molecular weight excluding hydrogens is 224 g/mol. The van der Waals surface area contributed by atoms with Crippen molar-refractivity contribution in [2.24, 2.45) is 5.92 Å². The summed E-state index contributed by atoms with van der Waals surface area (Å²) < 4.78 is 0. The summed E-state index contributed by atoms with van der Waals surface area (Å²) in [7, 11) is 0. The molecule has 1 saturated heterocycles. The third-order valence-electron chi connectivity index (χ3n) is 2.96. The van der Waals surface area contributed by atoms with Crippen molar-refractivity contribution in [2.75, 3.05) is 18.0 Å². The molecule has 1 N–H and O–H groups in total. The first-order chi connectivity index (χ1) is 8.09. The van der Waals surface area contributed by atoms with Gasteiger partial charge in [-0.3, -0.25) is 14.9 Å². The number of rotatable bonds is 3. The first kappa shape index (κ1) is 11.4. The fourth-order valence-corrected chi connectivity index (χ4v) is 2.07. The minimum absolute atomic E-state index is 0.0264. The van der Waals surface area contributed by atoms with Gasteiger partial charge in [0.15, 0.2) is 0 Å². The Kier molecular flexibility index (Phi) is 2.95. The normalized spacial score (nSPS) is 19.3. The van der Waals surface area contributed by atoms with Crippen molar-refractivity contribution in [1.82, 2.24) is 0 Å². The molecule has 0 aromatic heterocycles. The fourth-order valence-electron chi connectivity index (χ4n) is 2.07. The lowest BCUT2D eigenvalue weighted by Crippen LogP contribution is -2.23. The van der Waals surface area contributed by atoms with Crippen LogP contribution in [0.1, 0.15) is 6.42 Å². The first-order valence-corrected chi connectivity index (χ1v) is 5.31. The maximum atomic E-state index is 10.9. The maximum Gasteiger partial charge on any atom is 0.308 e. The maximum absolute atomic E-state index is 10.9. The average molecular weight is 236 g/mol. The number of nitro groups is 1. The first-order valence-electron chi connectivity index (χ1n) is 5.31. The number of benzene rings is 1. The van der Waals surface area contributed by atoms with Crippen LogP contribution in [-0.4, -0.2) is 29.1 Å². The minimum atomic E-state index is -0.842. The molecule has 0 spiro atoms. The number of nitro benzene ring substituents is 1. The molecule has 1 aliphatic rings. The Hall–Kier alpha value is -2.11. The molecular formula is C11H12N2O4. The van der Waals surface area contributed by atoms with E-state index in [-0.39, 0.29) is 5.69 Å². The molecule has 1 aromatic carbocycles. The highest BCUT2D eigenvalue weighted by molar-refractivity contribution is 5.73. The Labute approximate surface area is 97.6 Å². The van der Waals surface area contributed by atoms with Gasteiger partial charge in [0.2, 0.25) is 0 Å². The van der Waals surface area contributed by atoms with Gasteiger partial charge in [0.25, 0.3) is 5.69 Å². The molecule has 17 heavy (non-hydrogen) atoms. The molecule has 1 unspecified atom stereocenters. The number of carboxylic acids is 1. The van der Waals surface area contributed by atoms with Crippen LogP contribution in [0.15, 0.2) is 24.3 Å². The highest BCUT2D eigenvalue weighted by Crippen LogP contribution is 2.31. The van der Waals surface area contributed by atoms with E-state index in [1.165, 1.54) is 6.07 Å². The van der Waals surface area contributed by atoms with Crippen molar-refractivity contribution in [3.05, 3.63) is 34.4 Å². The van der Waals surface area contributed by atoms with Crippen molar-refractivity contribution >= 4 is 17.3 Å². The lowest BCUT2D eigenvalue weighted by atomic mass is 10.1. The summed E-state index contributed by atoms with van der Waals surface area (Å²) in [5.41, 5.74) is 0.528. The summed E-state index contributed by atoms with van der Waals surface area (Å²) in [6, 6.07) is 6.41. The Balaban J connectivity index is 2.24. The second-order valence-corrected chi connectivity index (χ2v) is 4.02. The Morgan fingerprint density at radius 2 is 2.18 bits per heavy atom. The van der Waals surface area contributed by atoms with Crippen molar-refractivity contribution in [1.29, 1.82) is 0 Å². The summed E-state index contributed by atoms with van der Waals surface area (Å²) in [4.78, 5) is 23.0. The Morgan fingerprint density at radius 1 is 1.47 bits per heavy atom. The SMILES string of the molecule is O=C(O)C1CCN(c2ccccc2[N+](=O)[O-])C1. The van der Waals surface area contributed by atoms with E-state index >= 15 is 0 Å². The topological polar surface area (TPSA) is 83.7 Å². The molecule has 1 heterocycles. The van der Waals surface area contributed by atoms with E-state index in [0.717, 1.165) is 0 Å². The van der Waals surface area contributed by atoms with E-state index in [1.807, 2.05) is 0 Å². The number of nitrogens with zero attached hydrogens (tertiary/aromatic N) is 2. The van der Waals surface area contributed by atoms with Gasteiger partial charge in [0, 0.05) is 19.2 Å². The summed E-state index contributed by atoms with van der Waals surface area (Å²) >= 11 is 0. The van der Waals surface area contributed by atoms with Gasteiger partial charge >= 0.3 is 5.97 Å². The van der Waals surface area contributed by atoms with Crippen LogP contribution >= 0.6 is 0 Å². The third kappa shape index (κ3) is 2.20. The highest BCUT2D eigenvalue weighted by atomic mass is 16.6. The molecule has 0 amide bonds. The van der Waals surface area contributed by atoms with Gasteiger partial charge in [-0.05, 0) is 12.5 Å². The van der Waals surface area contributed by atoms with Crippen LogP contribution in [0.4, 0.5) is 11.4 Å². The van der Waals surface area contributed by atoms with Crippen LogP contribution in [0.25, 0.3) is 0 Å². The molecule has 1 fully saturated rings. The number of hydrogen-bond donors (Lipinski definition) is 1. The smallest absolute Gasteiger partial charge is 0.308 e. The van der Waals surface area contributed by atoms with Crippen LogP contribution in [0, 0.1) is 16.0 Å². The average Bonchev–Trinajstić information content (AvgIpc) is 2.78. The third-order valence-corrected chi connectivity index (χ3v) is 2.96. The Bertz CT molecular complexity index is 461. The van der Waals surface area contributed by atoms with Crippen molar-refractivity contribution in [3.8, 4) is 0 Å². The number of carbonyl (C=O) groups is 1. The minimum Gasteiger partial charge on any atom is -0.481 e. The van der Waals surface area contributed by atoms with Crippen molar-refractivity contribution in [2.45, 2.75) is 6.42 Å². The van der Waals surface area contributed by atoms with Crippen molar-refractivity contribution in [3.63, 3.8) is 0 Å². The molecule has 6 heteroatoms. The molecule has 1 aliphatic heterocycles. The number of para-hydroxylation sites is 2. The molecule has 90 valence electrons. The van der Waals surface area contributed by atoms with Crippen LogP contribution in [0.3, 0.4) is 0 Å². The number of aliphatic carboxylic acids is 1. The molecule has 0 radical (unpaired) electrons. The standard InChI is InChI=1S/C11H12N2O4/c14-11(15)8-5-6-12(7-8)9-3-1-2-4-10(9)13(16)17/h1-4,8H,5-7H2,(H,14,15). The molecule has 0 aliphatic carbocycles. The molecule has 0 saturated carbocycles. The molecule has 1 aromatic rings. The van der Waals surface area contributed by atoms with E-state index < -0.39 is 16.8 Å². The zero-order valence-corrected chi connectivity index (χ0v) is 9.07. The summed E-state index contributed by atoms with van der Waals surface area (Å²) in [5.74, 6) is -1.28. The molecule has 0 bridgehead atoms. The summed E-state index contributed by atoms with van der Waals surface area (Å²) in [6.07, 6.45) is 0.529. The van der Waals surface area contributed by atoms with E-state index in [2.05, 4.69) is 0 Å². The van der Waals surface area contributed by atoms with Crippen LogP contribution in [-0.2, 0) is 4.79 Å². The monoisotopic (exact) mass is 236 g/mol. The summed E-state index contributed by atoms with van der Waals surface area (Å²) in [5, 5.41) is 19.8. The van der Waals surface area contributed by atoms with Gasteiger partial charge in [0.1, 0.15) is 5.69 Å². The van der Waals surface area contributed by atoms with Crippen LogP contribution < -0.4 is 4.90 Å². The van der Waals surface area contributed by atoms with E-state index in [0.29, 0.717) is 25.2 Å². The number of anilines is 1. The quantitative estimate of drug-likeness (QED) is 0.635. The zero-order chi connectivity index (χ0) is 12.4. The second kappa shape index (κ2) is 4.40. The second-order valence-electron chi connectivity index (χ2n) is 4.02. The molecule has 2 rings (SSSR count). The zero-order valence-electron chi connectivity index (χ0n) is 9.07. The van der Waals surface area contributed by atoms with Crippen molar-refractivity contribution < 1.29 is 14.8 Å². The van der Waals surface area contributed by atoms with Crippen LogP contribution in [0.2, 0.25) is 0 Å². The van der Waals surface area contributed by atoms with E-state index in [1.54, 1.807) is 23.1 Å². The van der Waals surface area contributed by atoms with Gasteiger partial charge in [-0.2, -0.15) is 0 Å². The predicted molar refractivity (Wildman–Crippen MR) is 61.1 cm³/mol. The predicted octanol–water partition coefficient (Wildman–Crippen LogP) is 1.51. The molecule has 6 nitrogen and oxygen atoms in total. The molecule has 1 atom stereocenters. The largest absolute Gasteiger partial charge is 0.481 e. The highest BCUT2D eigenvalue weighted by Gasteiger charge is 2.30. The van der Waals surface area contributed by atoms with Gasteiger partial charge in [-0.1, -0.05) is 12.1 Å². The van der Waals surface area contributed by atoms with Gasteiger partial charge in [-0.25, -0.2) is 0 Å². The van der Waals surface area contributed by atoms with Gasteiger partial charge < -0.3 is 10.0 Å². The van der Waals surface area contributed by atoms with E-state index in [9.17, 15) is 14.9 Å². The summed E-state index contributed by atoms with van der Waals surface area (Å²) in [6.45, 7) is 0.877. The van der Waals surface area contributed by atoms with Crippen LogP contribution in [0.5, 0.6) is 0 Å². The number of hydrogen-bond acceptors (Lipinski definition) is 4. The van der Waals surface area contributed by atoms with Gasteiger partial charge in [-0.15, -0.1) is 0 Å². The Morgan fingerprint density at radius 3 is 2.76 bits per heavy atom.